The number of nitrogens with zero attached hydrogens (tertiary/aromatic N) is 1. The Bertz CT molecular complexity index is 2660. The standard InChI is InChI=1S/C54H47N/c1-5-6-13-41-15-9-10-17-48(41)51-35-44(21-20-37(51)2)40-26-30-46(31-27-40)55(47-32-33-50-49-18-11-12-19-52(49)54(3,4)53(50)36-47)45-28-24-39(25-29-45)43-23-22-38-14-7-8-16-42(38)34-43/h7-12,14-36H,5-6,13H2,1-4H3. The van der Waals surface area contributed by atoms with Gasteiger partial charge in [-0.2, -0.15) is 0 Å². The Morgan fingerprint density at radius 3 is 1.73 bits per heavy atom. The lowest BCUT2D eigenvalue weighted by Crippen LogP contribution is -2.16. The third kappa shape index (κ3) is 6.34. The Labute approximate surface area is 326 Å². The van der Waals surface area contributed by atoms with Crippen LogP contribution in [0.4, 0.5) is 17.1 Å². The van der Waals surface area contributed by atoms with E-state index in [9.17, 15) is 0 Å². The van der Waals surface area contributed by atoms with Crippen LogP contribution in [-0.4, -0.2) is 0 Å². The van der Waals surface area contributed by atoms with Crippen LogP contribution in [0.3, 0.4) is 0 Å². The zero-order chi connectivity index (χ0) is 37.5. The van der Waals surface area contributed by atoms with Crippen LogP contribution in [0.2, 0.25) is 0 Å². The molecular formula is C54H47N. The fourth-order valence-corrected chi connectivity index (χ4v) is 8.71. The summed E-state index contributed by atoms with van der Waals surface area (Å²) in [4.78, 5) is 2.41. The van der Waals surface area contributed by atoms with Gasteiger partial charge < -0.3 is 4.90 Å². The SMILES string of the molecule is CCCCc1ccccc1-c1cc(-c2ccc(N(c3ccc(-c4ccc5ccccc5c4)cc3)c3ccc4c(c3)C(C)(C)c3ccccc3-4)cc2)ccc1C. The summed E-state index contributed by atoms with van der Waals surface area (Å²) < 4.78 is 0. The number of aryl methyl sites for hydroxylation is 2. The van der Waals surface area contributed by atoms with Crippen LogP contribution in [0.1, 0.15) is 55.9 Å². The van der Waals surface area contributed by atoms with E-state index in [0.29, 0.717) is 0 Å². The Hall–Kier alpha value is -6.18. The van der Waals surface area contributed by atoms with Crippen molar-refractivity contribution < 1.29 is 0 Å². The monoisotopic (exact) mass is 709 g/mol. The van der Waals surface area contributed by atoms with Crippen LogP contribution < -0.4 is 4.90 Å². The summed E-state index contributed by atoms with van der Waals surface area (Å²) in [6, 6.07) is 65.3. The summed E-state index contributed by atoms with van der Waals surface area (Å²) in [5.74, 6) is 0. The third-order valence-corrected chi connectivity index (χ3v) is 11.8. The van der Waals surface area contributed by atoms with Crippen LogP contribution in [0.5, 0.6) is 0 Å². The van der Waals surface area contributed by atoms with Crippen LogP contribution in [-0.2, 0) is 11.8 Å². The molecule has 0 aliphatic heterocycles. The van der Waals surface area contributed by atoms with Crippen molar-refractivity contribution in [2.45, 2.75) is 52.4 Å². The average Bonchev–Trinajstić information content (AvgIpc) is 3.46. The molecule has 0 aromatic heterocycles. The zero-order valence-electron chi connectivity index (χ0n) is 32.3. The molecule has 0 radical (unpaired) electrons. The van der Waals surface area contributed by atoms with E-state index in [1.165, 1.54) is 90.4 Å². The lowest BCUT2D eigenvalue weighted by Gasteiger charge is -2.28. The molecule has 0 amide bonds. The molecule has 0 saturated heterocycles. The molecular weight excluding hydrogens is 663 g/mol. The predicted molar refractivity (Wildman–Crippen MR) is 236 cm³/mol. The predicted octanol–water partition coefficient (Wildman–Crippen LogP) is 15.3. The van der Waals surface area contributed by atoms with Gasteiger partial charge in [-0.05, 0) is 146 Å². The van der Waals surface area contributed by atoms with E-state index < -0.39 is 0 Å². The van der Waals surface area contributed by atoms with Gasteiger partial charge in [0, 0.05) is 22.5 Å². The minimum absolute atomic E-state index is 0.0876. The molecule has 1 aliphatic carbocycles. The number of hydrogen-bond acceptors (Lipinski definition) is 1. The number of anilines is 3. The second-order valence-electron chi connectivity index (χ2n) is 15.7. The molecule has 0 spiro atoms. The first kappa shape index (κ1) is 34.6. The molecule has 1 heteroatoms. The lowest BCUT2D eigenvalue weighted by molar-refractivity contribution is 0.660. The number of unbranched alkanes of at least 4 members (excludes halogenated alkanes) is 1. The minimum Gasteiger partial charge on any atom is -0.310 e. The van der Waals surface area contributed by atoms with Crippen LogP contribution >= 0.6 is 0 Å². The molecule has 0 unspecified atom stereocenters. The van der Waals surface area contributed by atoms with Crippen molar-refractivity contribution >= 4 is 27.8 Å². The molecule has 0 saturated carbocycles. The van der Waals surface area contributed by atoms with Gasteiger partial charge in [0.25, 0.3) is 0 Å². The number of fused-ring (bicyclic) bond motifs is 4. The number of hydrogen-bond donors (Lipinski definition) is 0. The fourth-order valence-electron chi connectivity index (χ4n) is 8.71. The highest BCUT2D eigenvalue weighted by atomic mass is 15.1. The van der Waals surface area contributed by atoms with E-state index in [2.05, 4.69) is 209 Å². The summed E-state index contributed by atoms with van der Waals surface area (Å²) in [5, 5.41) is 2.52. The molecule has 9 rings (SSSR count). The topological polar surface area (TPSA) is 3.24 Å². The van der Waals surface area contributed by atoms with Crippen LogP contribution in [0.25, 0.3) is 55.3 Å². The first-order valence-electron chi connectivity index (χ1n) is 19.8. The average molecular weight is 710 g/mol. The quantitative estimate of drug-likeness (QED) is 0.144. The van der Waals surface area contributed by atoms with Crippen molar-refractivity contribution in [2.24, 2.45) is 0 Å². The molecule has 268 valence electrons. The largest absolute Gasteiger partial charge is 0.310 e. The molecule has 55 heavy (non-hydrogen) atoms. The first-order chi connectivity index (χ1) is 26.9. The molecule has 8 aromatic rings. The maximum absolute atomic E-state index is 2.42. The van der Waals surface area contributed by atoms with Gasteiger partial charge in [0.15, 0.2) is 0 Å². The van der Waals surface area contributed by atoms with Gasteiger partial charge in [-0.1, -0.05) is 155 Å². The smallest absolute Gasteiger partial charge is 0.0465 e. The zero-order valence-corrected chi connectivity index (χ0v) is 32.3. The summed E-state index contributed by atoms with van der Waals surface area (Å²) in [7, 11) is 0. The maximum Gasteiger partial charge on any atom is 0.0465 e. The highest BCUT2D eigenvalue weighted by Crippen LogP contribution is 2.50. The van der Waals surface area contributed by atoms with Crippen molar-refractivity contribution in [3.05, 3.63) is 198 Å². The highest BCUT2D eigenvalue weighted by molar-refractivity contribution is 5.89. The molecule has 1 nitrogen and oxygen atoms in total. The van der Waals surface area contributed by atoms with Gasteiger partial charge in [-0.3, -0.25) is 0 Å². The molecule has 1 aliphatic rings. The van der Waals surface area contributed by atoms with Crippen molar-refractivity contribution in [1.29, 1.82) is 0 Å². The van der Waals surface area contributed by atoms with Gasteiger partial charge in [-0.25, -0.2) is 0 Å². The Morgan fingerprint density at radius 2 is 1.00 bits per heavy atom. The van der Waals surface area contributed by atoms with Crippen molar-refractivity contribution in [3.8, 4) is 44.5 Å². The second kappa shape index (κ2) is 14.2. The Morgan fingerprint density at radius 1 is 0.436 bits per heavy atom. The fraction of sp³-hybridized carbons (Fsp3) is 0.148. The van der Waals surface area contributed by atoms with Gasteiger partial charge in [0.05, 0.1) is 0 Å². The van der Waals surface area contributed by atoms with E-state index in [4.69, 9.17) is 0 Å². The van der Waals surface area contributed by atoms with Gasteiger partial charge in [0.1, 0.15) is 0 Å². The normalized spacial score (nSPS) is 12.7. The van der Waals surface area contributed by atoms with E-state index in [1.54, 1.807) is 0 Å². The first-order valence-corrected chi connectivity index (χ1v) is 19.8. The second-order valence-corrected chi connectivity index (χ2v) is 15.7. The van der Waals surface area contributed by atoms with Crippen molar-refractivity contribution in [1.82, 2.24) is 0 Å². The van der Waals surface area contributed by atoms with Gasteiger partial charge in [-0.15, -0.1) is 0 Å². The van der Waals surface area contributed by atoms with Crippen LogP contribution in [0.15, 0.2) is 176 Å². The molecule has 0 bridgehead atoms. The molecule has 0 atom stereocenters. The Balaban J connectivity index is 1.11. The summed E-state index contributed by atoms with van der Waals surface area (Å²) in [5.41, 5.74) is 19.1. The number of benzene rings is 8. The van der Waals surface area contributed by atoms with Gasteiger partial charge in [0.2, 0.25) is 0 Å². The minimum atomic E-state index is -0.0876. The summed E-state index contributed by atoms with van der Waals surface area (Å²) in [6.45, 7) is 9.22. The lowest BCUT2D eigenvalue weighted by atomic mass is 9.82. The molecule has 0 heterocycles. The summed E-state index contributed by atoms with van der Waals surface area (Å²) in [6.07, 6.45) is 3.51. The van der Waals surface area contributed by atoms with E-state index in [0.717, 1.165) is 23.5 Å². The molecule has 8 aromatic carbocycles. The van der Waals surface area contributed by atoms with Gasteiger partial charge >= 0.3 is 0 Å². The molecule has 0 N–H and O–H groups in total. The maximum atomic E-state index is 2.42. The van der Waals surface area contributed by atoms with Crippen molar-refractivity contribution in [2.75, 3.05) is 4.90 Å². The van der Waals surface area contributed by atoms with E-state index in [-0.39, 0.29) is 5.41 Å². The third-order valence-electron chi connectivity index (χ3n) is 11.8. The van der Waals surface area contributed by atoms with Crippen LogP contribution in [0, 0.1) is 6.92 Å². The highest BCUT2D eigenvalue weighted by Gasteiger charge is 2.35. The van der Waals surface area contributed by atoms with E-state index >= 15 is 0 Å². The molecule has 0 fully saturated rings. The summed E-state index contributed by atoms with van der Waals surface area (Å²) >= 11 is 0. The number of rotatable bonds is 9. The Kier molecular flexibility index (Phi) is 8.95. The van der Waals surface area contributed by atoms with E-state index in [1.807, 2.05) is 0 Å². The van der Waals surface area contributed by atoms with Crippen molar-refractivity contribution in [3.63, 3.8) is 0 Å².